The first kappa shape index (κ1) is 14.4. The van der Waals surface area contributed by atoms with Crippen LogP contribution in [0.3, 0.4) is 0 Å². The van der Waals surface area contributed by atoms with Crippen LogP contribution < -0.4 is 5.84 Å². The summed E-state index contributed by atoms with van der Waals surface area (Å²) in [6, 6.07) is 0. The minimum atomic E-state index is -5.15. The van der Waals surface area contributed by atoms with Crippen molar-refractivity contribution in [2.75, 3.05) is 14.2 Å². The predicted molar refractivity (Wildman–Crippen MR) is 47.7 cm³/mol. The largest absolute Gasteiger partial charge is 0.465 e. The fourth-order valence-electron chi connectivity index (χ4n) is 0.825. The van der Waals surface area contributed by atoms with Gasteiger partial charge in [0.2, 0.25) is 0 Å². The quantitative estimate of drug-likeness (QED) is 0.193. The van der Waals surface area contributed by atoms with E-state index < -0.39 is 23.5 Å². The summed E-state index contributed by atoms with van der Waals surface area (Å²) in [5.74, 6) is 1.50. The molecule has 0 amide bonds. The smallest absolute Gasteiger partial charge is 0.455 e. The second kappa shape index (κ2) is 4.97. The Hall–Kier alpha value is -1.57. The molecule has 8 heteroatoms. The first-order chi connectivity index (χ1) is 7.12. The average Bonchev–Trinajstić information content (AvgIpc) is 2.15. The molecule has 16 heavy (non-hydrogen) atoms. The highest BCUT2D eigenvalue weighted by atomic mass is 19.4. The Bertz CT molecular complexity index is 334. The van der Waals surface area contributed by atoms with Gasteiger partial charge >= 0.3 is 12.1 Å². The minimum Gasteiger partial charge on any atom is -0.465 e. The van der Waals surface area contributed by atoms with E-state index in [1.165, 1.54) is 7.05 Å². The Morgan fingerprint density at radius 3 is 2.00 bits per heavy atom. The number of ether oxygens (including phenoxy) is 1. The van der Waals surface area contributed by atoms with E-state index in [-0.39, 0.29) is 5.70 Å². The number of allylic oxidation sites excluding steroid dienone is 1. The lowest BCUT2D eigenvalue weighted by molar-refractivity contribution is -0.168. The number of methoxy groups -OCH3 is 1. The summed E-state index contributed by atoms with van der Waals surface area (Å²) in [6.45, 7) is 1.11. The van der Waals surface area contributed by atoms with Crippen molar-refractivity contribution in [3.8, 4) is 0 Å². The van der Waals surface area contributed by atoms with E-state index in [1.54, 1.807) is 0 Å². The van der Waals surface area contributed by atoms with Gasteiger partial charge in [0.15, 0.2) is 0 Å². The number of nitrogens with two attached hydrogens (primary N) is 1. The van der Waals surface area contributed by atoms with Gasteiger partial charge < -0.3 is 9.75 Å². The number of ketones is 1. The van der Waals surface area contributed by atoms with Crippen LogP contribution in [0.15, 0.2) is 11.3 Å². The van der Waals surface area contributed by atoms with E-state index in [0.717, 1.165) is 19.0 Å². The second-order valence-corrected chi connectivity index (χ2v) is 2.89. The van der Waals surface area contributed by atoms with Crippen molar-refractivity contribution >= 4 is 11.8 Å². The van der Waals surface area contributed by atoms with E-state index in [4.69, 9.17) is 5.84 Å². The maximum absolute atomic E-state index is 12.2. The monoisotopic (exact) mass is 240 g/mol. The molecule has 0 spiro atoms. The SMILES string of the molecule is COC(=O)/C(C(=O)C(F)(F)F)=C(\C)N(C)N. The molecule has 0 aromatic rings. The number of hydrazine groups is 1. The van der Waals surface area contributed by atoms with Crippen LogP contribution in [0.5, 0.6) is 0 Å². The predicted octanol–water partition coefficient (Wildman–Crippen LogP) is 0.370. The molecule has 0 saturated heterocycles. The number of carbonyl (C=O) groups is 2. The Morgan fingerprint density at radius 1 is 1.31 bits per heavy atom. The standard InChI is InChI=1S/C8H11F3N2O3/c1-4(13(2)12)5(7(15)16-3)6(14)8(9,10)11/h12H2,1-3H3/b5-4+. The number of nitrogens with zero attached hydrogens (tertiary/aromatic N) is 1. The van der Waals surface area contributed by atoms with Crippen LogP contribution in [0.25, 0.3) is 0 Å². The van der Waals surface area contributed by atoms with Gasteiger partial charge in [-0.05, 0) is 6.92 Å². The second-order valence-electron chi connectivity index (χ2n) is 2.89. The highest BCUT2D eigenvalue weighted by molar-refractivity contribution is 6.19. The molecule has 0 fully saturated rings. The van der Waals surface area contributed by atoms with Gasteiger partial charge in [0, 0.05) is 12.7 Å². The molecule has 0 saturated carbocycles. The average molecular weight is 240 g/mol. The van der Waals surface area contributed by atoms with Gasteiger partial charge in [0.25, 0.3) is 5.78 Å². The van der Waals surface area contributed by atoms with E-state index in [1.807, 2.05) is 0 Å². The number of carbonyl (C=O) groups excluding carboxylic acids is 2. The lowest BCUT2D eigenvalue weighted by atomic mass is 10.1. The Kier molecular flexibility index (Phi) is 4.48. The minimum absolute atomic E-state index is 0.325. The number of hydrogen-bond acceptors (Lipinski definition) is 5. The zero-order valence-electron chi connectivity index (χ0n) is 8.88. The Balaban J connectivity index is 5.54. The summed E-state index contributed by atoms with van der Waals surface area (Å²) in [5.41, 5.74) is -1.45. The molecular weight excluding hydrogens is 229 g/mol. The normalized spacial score (nSPS) is 12.9. The van der Waals surface area contributed by atoms with Crippen LogP contribution in [0.4, 0.5) is 13.2 Å². The third kappa shape index (κ3) is 3.23. The summed E-state index contributed by atoms with van der Waals surface area (Å²) >= 11 is 0. The molecule has 0 aliphatic rings. The lowest BCUT2D eigenvalue weighted by Crippen LogP contribution is -2.34. The van der Waals surface area contributed by atoms with E-state index in [0.29, 0.717) is 0 Å². The maximum Gasteiger partial charge on any atom is 0.455 e. The van der Waals surface area contributed by atoms with Crippen molar-refractivity contribution in [3.63, 3.8) is 0 Å². The van der Waals surface area contributed by atoms with Crippen molar-refractivity contribution < 1.29 is 27.5 Å². The van der Waals surface area contributed by atoms with Crippen LogP contribution in [-0.2, 0) is 14.3 Å². The molecule has 0 aromatic heterocycles. The third-order valence-corrected chi connectivity index (χ3v) is 1.76. The molecule has 2 N–H and O–H groups in total. The van der Waals surface area contributed by atoms with E-state index in [9.17, 15) is 22.8 Å². The highest BCUT2D eigenvalue weighted by Gasteiger charge is 2.44. The number of hydrogen-bond donors (Lipinski definition) is 1. The molecule has 0 bridgehead atoms. The van der Waals surface area contributed by atoms with Gasteiger partial charge in [-0.25, -0.2) is 10.6 Å². The molecule has 92 valence electrons. The zero-order valence-corrected chi connectivity index (χ0v) is 8.88. The molecule has 5 nitrogen and oxygen atoms in total. The van der Waals surface area contributed by atoms with Crippen molar-refractivity contribution in [2.24, 2.45) is 5.84 Å². The summed E-state index contributed by atoms with van der Waals surface area (Å²) < 4.78 is 40.6. The van der Waals surface area contributed by atoms with Crippen LogP contribution in [0.2, 0.25) is 0 Å². The molecule has 0 atom stereocenters. The summed E-state index contributed by atoms with van der Waals surface area (Å²) in [7, 11) is 2.07. The van der Waals surface area contributed by atoms with Crippen LogP contribution >= 0.6 is 0 Å². The number of halogens is 3. The molecule has 0 heterocycles. The van der Waals surface area contributed by atoms with Crippen LogP contribution in [0, 0.1) is 0 Å². The lowest BCUT2D eigenvalue weighted by Gasteiger charge is -2.17. The maximum atomic E-state index is 12.2. The summed E-state index contributed by atoms with van der Waals surface area (Å²) in [6.07, 6.45) is -5.15. The Morgan fingerprint density at radius 2 is 1.75 bits per heavy atom. The van der Waals surface area contributed by atoms with Crippen molar-refractivity contribution in [1.82, 2.24) is 5.01 Å². The first-order valence-corrected chi connectivity index (χ1v) is 4.02. The fourth-order valence-corrected chi connectivity index (χ4v) is 0.825. The molecule has 0 aromatic carbocycles. The molecule has 0 aliphatic heterocycles. The summed E-state index contributed by atoms with van der Waals surface area (Å²) in [4.78, 5) is 22.0. The van der Waals surface area contributed by atoms with Crippen molar-refractivity contribution in [2.45, 2.75) is 13.1 Å². The van der Waals surface area contributed by atoms with Gasteiger partial charge in [0.05, 0.1) is 7.11 Å². The molecule has 0 radical (unpaired) electrons. The van der Waals surface area contributed by atoms with E-state index >= 15 is 0 Å². The molecular formula is C8H11F3N2O3. The Labute approximate surface area is 89.6 Å². The van der Waals surface area contributed by atoms with Gasteiger partial charge in [-0.1, -0.05) is 0 Å². The molecule has 0 aliphatic carbocycles. The van der Waals surface area contributed by atoms with Gasteiger partial charge in [0.1, 0.15) is 5.57 Å². The zero-order chi connectivity index (χ0) is 13.1. The van der Waals surface area contributed by atoms with Gasteiger partial charge in [-0.3, -0.25) is 4.79 Å². The topological polar surface area (TPSA) is 72.6 Å². The molecule has 0 unspecified atom stereocenters. The van der Waals surface area contributed by atoms with Gasteiger partial charge in [-0.15, -0.1) is 0 Å². The number of Topliss-reactive ketones (excluding diaryl/α,β-unsaturated/α-hetero) is 1. The van der Waals surface area contributed by atoms with Crippen molar-refractivity contribution in [1.29, 1.82) is 0 Å². The first-order valence-electron chi connectivity index (χ1n) is 4.02. The summed E-state index contributed by atoms with van der Waals surface area (Å²) in [5, 5.41) is 0.732. The van der Waals surface area contributed by atoms with Crippen LogP contribution in [-0.4, -0.2) is 37.1 Å². The highest BCUT2D eigenvalue weighted by Crippen LogP contribution is 2.23. The van der Waals surface area contributed by atoms with E-state index in [2.05, 4.69) is 4.74 Å². The fraction of sp³-hybridized carbons (Fsp3) is 0.500. The third-order valence-electron chi connectivity index (χ3n) is 1.76. The number of alkyl halides is 3. The van der Waals surface area contributed by atoms with Crippen molar-refractivity contribution in [3.05, 3.63) is 11.3 Å². The number of rotatable bonds is 3. The number of esters is 1. The van der Waals surface area contributed by atoms with Crippen LogP contribution in [0.1, 0.15) is 6.92 Å². The molecule has 0 rings (SSSR count). The van der Waals surface area contributed by atoms with Gasteiger partial charge in [-0.2, -0.15) is 13.2 Å².